The second-order valence-corrected chi connectivity index (χ2v) is 5.44. The molecule has 2 aromatic carbocycles. The summed E-state index contributed by atoms with van der Waals surface area (Å²) < 4.78 is 0.804. The first kappa shape index (κ1) is 14.6. The van der Waals surface area contributed by atoms with Gasteiger partial charge in [-0.3, -0.25) is 4.79 Å². The van der Waals surface area contributed by atoms with Gasteiger partial charge in [-0.2, -0.15) is 0 Å². The van der Waals surface area contributed by atoms with Crippen molar-refractivity contribution in [1.29, 1.82) is 0 Å². The van der Waals surface area contributed by atoms with Gasteiger partial charge in [-0.25, -0.2) is 0 Å². The Kier molecular flexibility index (Phi) is 5.18. The molecule has 0 atom stereocenters. The summed E-state index contributed by atoms with van der Waals surface area (Å²) in [5, 5.41) is 2.91. The van der Waals surface area contributed by atoms with Crippen LogP contribution in [-0.4, -0.2) is 12.5 Å². The molecule has 0 aliphatic carbocycles. The van der Waals surface area contributed by atoms with Gasteiger partial charge < -0.3 is 11.1 Å². The van der Waals surface area contributed by atoms with Crippen LogP contribution < -0.4 is 11.1 Å². The molecule has 0 radical (unpaired) electrons. The Hall–Kier alpha value is -1.81. The van der Waals surface area contributed by atoms with Crippen LogP contribution in [-0.2, 0) is 6.42 Å². The molecule has 0 fully saturated rings. The van der Waals surface area contributed by atoms with Crippen LogP contribution in [0.4, 0.5) is 5.69 Å². The number of nitrogens with two attached hydrogens (primary N) is 1. The molecule has 2 rings (SSSR count). The summed E-state index contributed by atoms with van der Waals surface area (Å²) in [5.41, 5.74) is 8.21. The van der Waals surface area contributed by atoms with E-state index >= 15 is 0 Å². The van der Waals surface area contributed by atoms with Gasteiger partial charge in [-0.15, -0.1) is 0 Å². The number of rotatable bonds is 5. The highest BCUT2D eigenvalue weighted by Crippen LogP contribution is 2.20. The molecule has 3 N–H and O–H groups in total. The second-order valence-electron chi connectivity index (χ2n) is 4.58. The quantitative estimate of drug-likeness (QED) is 0.651. The molecule has 0 heterocycles. The zero-order valence-electron chi connectivity index (χ0n) is 11.1. The maximum absolute atomic E-state index is 11.9. The fourth-order valence-corrected chi connectivity index (χ4v) is 2.17. The molecule has 0 spiro atoms. The van der Waals surface area contributed by atoms with Crippen molar-refractivity contribution in [3.63, 3.8) is 0 Å². The van der Waals surface area contributed by atoms with Gasteiger partial charge in [0.15, 0.2) is 0 Å². The molecule has 0 saturated heterocycles. The van der Waals surface area contributed by atoms with E-state index in [9.17, 15) is 4.79 Å². The van der Waals surface area contributed by atoms with Crippen molar-refractivity contribution in [2.75, 3.05) is 12.3 Å². The van der Waals surface area contributed by atoms with Gasteiger partial charge in [0.1, 0.15) is 0 Å². The predicted octanol–water partition coefficient (Wildman–Crippen LogP) is 3.39. The SMILES string of the molecule is Nc1cc(C(=O)NCCCc2ccccc2)ccc1Br. The minimum Gasteiger partial charge on any atom is -0.398 e. The van der Waals surface area contributed by atoms with Gasteiger partial charge in [-0.05, 0) is 52.5 Å². The summed E-state index contributed by atoms with van der Waals surface area (Å²) >= 11 is 3.31. The Morgan fingerprint density at radius 2 is 1.90 bits per heavy atom. The average molecular weight is 333 g/mol. The summed E-state index contributed by atoms with van der Waals surface area (Å²) in [5.74, 6) is -0.0859. The Morgan fingerprint density at radius 1 is 1.15 bits per heavy atom. The molecule has 0 bridgehead atoms. The smallest absolute Gasteiger partial charge is 0.251 e. The first-order chi connectivity index (χ1) is 9.66. The lowest BCUT2D eigenvalue weighted by Crippen LogP contribution is -2.24. The number of amides is 1. The van der Waals surface area contributed by atoms with Crippen LogP contribution in [0.15, 0.2) is 53.0 Å². The van der Waals surface area contributed by atoms with Crippen LogP contribution in [0.2, 0.25) is 0 Å². The average Bonchev–Trinajstić information content (AvgIpc) is 2.47. The third kappa shape index (κ3) is 4.10. The summed E-state index contributed by atoms with van der Waals surface area (Å²) in [7, 11) is 0. The lowest BCUT2D eigenvalue weighted by molar-refractivity contribution is 0.0953. The first-order valence-corrected chi connectivity index (χ1v) is 7.33. The third-order valence-electron chi connectivity index (χ3n) is 3.03. The number of halogens is 1. The molecule has 0 saturated carbocycles. The highest BCUT2D eigenvalue weighted by atomic mass is 79.9. The zero-order chi connectivity index (χ0) is 14.4. The number of benzene rings is 2. The van der Waals surface area contributed by atoms with Crippen LogP contribution >= 0.6 is 15.9 Å². The number of hydrogen-bond donors (Lipinski definition) is 2. The number of carbonyl (C=O) groups is 1. The number of nitrogens with one attached hydrogen (secondary N) is 1. The minimum atomic E-state index is -0.0859. The molecule has 20 heavy (non-hydrogen) atoms. The molecule has 4 heteroatoms. The van der Waals surface area contributed by atoms with E-state index in [2.05, 4.69) is 33.4 Å². The molecule has 0 aliphatic rings. The summed E-state index contributed by atoms with van der Waals surface area (Å²) in [6.07, 6.45) is 1.88. The monoisotopic (exact) mass is 332 g/mol. The van der Waals surface area contributed by atoms with Gasteiger partial charge in [-0.1, -0.05) is 30.3 Å². The van der Waals surface area contributed by atoms with Crippen LogP contribution in [0.1, 0.15) is 22.3 Å². The number of hydrogen-bond acceptors (Lipinski definition) is 2. The van der Waals surface area contributed by atoms with Gasteiger partial charge in [0, 0.05) is 22.3 Å². The maximum atomic E-state index is 11.9. The van der Waals surface area contributed by atoms with Gasteiger partial charge in [0.05, 0.1) is 0 Å². The normalized spacial score (nSPS) is 10.2. The van der Waals surface area contributed by atoms with Crippen LogP contribution in [0, 0.1) is 0 Å². The van der Waals surface area contributed by atoms with E-state index in [4.69, 9.17) is 5.73 Å². The van der Waals surface area contributed by atoms with E-state index < -0.39 is 0 Å². The predicted molar refractivity (Wildman–Crippen MR) is 85.7 cm³/mol. The first-order valence-electron chi connectivity index (χ1n) is 6.54. The third-order valence-corrected chi connectivity index (χ3v) is 3.75. The highest BCUT2D eigenvalue weighted by Gasteiger charge is 2.06. The number of anilines is 1. The van der Waals surface area contributed by atoms with E-state index in [0.29, 0.717) is 17.8 Å². The standard InChI is InChI=1S/C16H17BrN2O/c17-14-9-8-13(11-15(14)18)16(20)19-10-4-7-12-5-2-1-3-6-12/h1-3,5-6,8-9,11H,4,7,10,18H2,(H,19,20). The highest BCUT2D eigenvalue weighted by molar-refractivity contribution is 9.10. The lowest BCUT2D eigenvalue weighted by atomic mass is 10.1. The van der Waals surface area contributed by atoms with E-state index in [1.807, 2.05) is 18.2 Å². The van der Waals surface area contributed by atoms with Crippen molar-refractivity contribution >= 4 is 27.5 Å². The van der Waals surface area contributed by atoms with Crippen LogP contribution in [0.5, 0.6) is 0 Å². The molecular weight excluding hydrogens is 316 g/mol. The fourth-order valence-electron chi connectivity index (χ4n) is 1.93. The molecule has 0 aliphatic heterocycles. The molecule has 1 amide bonds. The summed E-state index contributed by atoms with van der Waals surface area (Å²) in [6, 6.07) is 15.5. The maximum Gasteiger partial charge on any atom is 0.251 e. The van der Waals surface area contributed by atoms with Crippen molar-refractivity contribution < 1.29 is 4.79 Å². The van der Waals surface area contributed by atoms with Crippen molar-refractivity contribution in [2.24, 2.45) is 0 Å². The molecule has 0 unspecified atom stereocenters. The molecule has 0 aromatic heterocycles. The number of nitrogen functional groups attached to an aromatic ring is 1. The second kappa shape index (κ2) is 7.10. The lowest BCUT2D eigenvalue weighted by Gasteiger charge is -2.07. The molecular formula is C16H17BrN2O. The Labute approximate surface area is 127 Å². The van der Waals surface area contributed by atoms with Crippen LogP contribution in [0.3, 0.4) is 0 Å². The van der Waals surface area contributed by atoms with E-state index in [-0.39, 0.29) is 5.91 Å². The molecule has 104 valence electrons. The van der Waals surface area contributed by atoms with Crippen LogP contribution in [0.25, 0.3) is 0 Å². The number of carbonyl (C=O) groups excluding carboxylic acids is 1. The van der Waals surface area contributed by atoms with E-state index in [1.165, 1.54) is 5.56 Å². The van der Waals surface area contributed by atoms with Gasteiger partial charge in [0.2, 0.25) is 0 Å². The Balaban J connectivity index is 1.79. The van der Waals surface area contributed by atoms with Gasteiger partial charge in [0.25, 0.3) is 5.91 Å². The number of aryl methyl sites for hydroxylation is 1. The molecule has 3 nitrogen and oxygen atoms in total. The zero-order valence-corrected chi connectivity index (χ0v) is 12.7. The largest absolute Gasteiger partial charge is 0.398 e. The Bertz CT molecular complexity index is 584. The van der Waals surface area contributed by atoms with Crippen molar-refractivity contribution in [1.82, 2.24) is 5.32 Å². The minimum absolute atomic E-state index is 0.0859. The summed E-state index contributed by atoms with van der Waals surface area (Å²) in [6.45, 7) is 0.656. The van der Waals surface area contributed by atoms with Crippen molar-refractivity contribution in [2.45, 2.75) is 12.8 Å². The Morgan fingerprint density at radius 3 is 2.60 bits per heavy atom. The van der Waals surface area contributed by atoms with Crippen molar-refractivity contribution in [3.05, 3.63) is 64.1 Å². The molecule has 2 aromatic rings. The van der Waals surface area contributed by atoms with E-state index in [1.54, 1.807) is 18.2 Å². The fraction of sp³-hybridized carbons (Fsp3) is 0.188. The topological polar surface area (TPSA) is 55.1 Å². The van der Waals surface area contributed by atoms with E-state index in [0.717, 1.165) is 17.3 Å². The van der Waals surface area contributed by atoms with Gasteiger partial charge >= 0.3 is 0 Å². The van der Waals surface area contributed by atoms with Crippen molar-refractivity contribution in [3.8, 4) is 0 Å². The summed E-state index contributed by atoms with van der Waals surface area (Å²) in [4.78, 5) is 11.9.